The van der Waals surface area contributed by atoms with Gasteiger partial charge in [0.15, 0.2) is 0 Å². The Morgan fingerprint density at radius 3 is 0.667 bits per heavy atom. The summed E-state index contributed by atoms with van der Waals surface area (Å²) in [7, 11) is -10.8. The van der Waals surface area contributed by atoms with Crippen molar-refractivity contribution < 1.29 is 38.5 Å². The zero-order valence-corrected chi connectivity index (χ0v) is 9.57. The number of hydrogen-bond donors (Lipinski definition) is 0. The number of rotatable bonds is 0. The van der Waals surface area contributed by atoms with E-state index in [1.165, 1.54) is 0 Å². The fraction of sp³-hybridized carbons (Fsp3) is 0. The first-order valence-corrected chi connectivity index (χ1v) is 4.38. The Morgan fingerprint density at radius 2 is 0.667 bits per heavy atom. The molecule has 0 saturated carbocycles. The molecule has 0 amide bonds. The van der Waals surface area contributed by atoms with Crippen molar-refractivity contribution in [2.75, 3.05) is 0 Å². The molecular weight excluding hydrogens is 242 g/mol. The van der Waals surface area contributed by atoms with Crippen LogP contribution in [0.2, 0.25) is 0 Å². The molecule has 0 aliphatic heterocycles. The molecule has 0 aromatic rings. The average Bonchev–Trinajstić information content (AvgIpc) is 1.12. The van der Waals surface area contributed by atoms with Gasteiger partial charge in [-0.15, -0.1) is 0 Å². The molecule has 0 fully saturated rings. The first kappa shape index (κ1) is 23.2. The van der Waals surface area contributed by atoms with Crippen molar-refractivity contribution in [3.63, 3.8) is 0 Å². The Morgan fingerprint density at radius 1 is 0.667 bits per heavy atom. The first-order chi connectivity index (χ1) is 4.00. The van der Waals surface area contributed by atoms with Gasteiger partial charge in [-0.05, 0) is 0 Å². The Hall–Kier alpha value is 1.20. The molecule has 12 heavy (non-hydrogen) atoms. The molecule has 0 N–H and O–H groups in total. The standard InChI is InChI=1S/Mg.2H3O4P.Si/c;2*1-5(2,3)4;/h;2*(H3,1,2,3,4);/q+2;;;+4/p-6. The maximum absolute atomic E-state index is 8.55. The van der Waals surface area contributed by atoms with Gasteiger partial charge in [-0.1, -0.05) is 0 Å². The molecule has 64 valence electrons. The monoisotopic (exact) mass is 242 g/mol. The molecular formula is MgO8P2Si. The van der Waals surface area contributed by atoms with E-state index in [9.17, 15) is 0 Å². The van der Waals surface area contributed by atoms with E-state index < -0.39 is 15.6 Å². The van der Waals surface area contributed by atoms with E-state index in [2.05, 4.69) is 0 Å². The third-order valence-electron chi connectivity index (χ3n) is 0. The van der Waals surface area contributed by atoms with Crippen molar-refractivity contribution in [3.05, 3.63) is 0 Å². The molecule has 8 nitrogen and oxygen atoms in total. The van der Waals surface area contributed by atoms with E-state index in [-0.39, 0.29) is 34.0 Å². The molecule has 0 aromatic carbocycles. The molecule has 0 saturated heterocycles. The summed E-state index contributed by atoms with van der Waals surface area (Å²) in [6.07, 6.45) is 0. The Bertz CT molecular complexity index is 129. The predicted molar refractivity (Wildman–Crippen MR) is 26.7 cm³/mol. The van der Waals surface area contributed by atoms with Crippen LogP contribution >= 0.6 is 15.6 Å². The summed E-state index contributed by atoms with van der Waals surface area (Å²) in [6, 6.07) is 0. The Kier molecular flexibility index (Phi) is 17.0. The largest absolute Gasteiger partial charge is 4.00 e. The predicted octanol–water partition coefficient (Wildman–Crippen LogP) is -6.41. The summed E-state index contributed by atoms with van der Waals surface area (Å²) in [5.41, 5.74) is 0. The Labute approximate surface area is 88.3 Å². The van der Waals surface area contributed by atoms with E-state index in [1.54, 1.807) is 0 Å². The van der Waals surface area contributed by atoms with Gasteiger partial charge in [-0.25, -0.2) is 0 Å². The zero-order valence-electron chi connectivity index (χ0n) is 5.37. The van der Waals surface area contributed by atoms with Crippen LogP contribution in [-0.4, -0.2) is 34.0 Å². The summed E-state index contributed by atoms with van der Waals surface area (Å²) in [6.45, 7) is 0. The molecule has 0 spiro atoms. The molecule has 0 atom stereocenters. The van der Waals surface area contributed by atoms with Crippen LogP contribution in [0.3, 0.4) is 0 Å². The van der Waals surface area contributed by atoms with Crippen molar-refractivity contribution >= 4 is 49.7 Å². The van der Waals surface area contributed by atoms with Gasteiger partial charge in [0.1, 0.15) is 0 Å². The van der Waals surface area contributed by atoms with Crippen molar-refractivity contribution in [1.29, 1.82) is 0 Å². The van der Waals surface area contributed by atoms with Gasteiger partial charge in [0.05, 0.1) is 0 Å². The van der Waals surface area contributed by atoms with Crippen LogP contribution in [-0.2, 0) is 9.13 Å². The molecule has 0 bridgehead atoms. The SMILES string of the molecule is O=P([O-])([O-])[O-].O=P([O-])([O-])[O-].[Mg+2].[Si+4]. The summed E-state index contributed by atoms with van der Waals surface area (Å²) >= 11 is 0. The van der Waals surface area contributed by atoms with Gasteiger partial charge in [-0.3, -0.25) is 0 Å². The second-order valence-electron chi connectivity index (χ2n) is 0.894. The number of hydrogen-bond acceptors (Lipinski definition) is 8. The molecule has 12 heteroatoms. The summed E-state index contributed by atoms with van der Waals surface area (Å²) in [5, 5.41) is 0. The maximum Gasteiger partial charge on any atom is 4.00 e. The normalized spacial score (nSPS) is 9.83. The van der Waals surface area contributed by atoms with Gasteiger partial charge >= 0.3 is 34.0 Å². The molecule has 0 aliphatic carbocycles. The topological polar surface area (TPSA) is 172 Å². The summed E-state index contributed by atoms with van der Waals surface area (Å²) in [4.78, 5) is 51.3. The second-order valence-corrected chi connectivity index (χ2v) is 2.68. The Balaban J connectivity index is -0.0000000457. The van der Waals surface area contributed by atoms with Crippen LogP contribution in [0.1, 0.15) is 0 Å². The van der Waals surface area contributed by atoms with Crippen LogP contribution in [0, 0.1) is 0 Å². The molecule has 0 aliphatic rings. The van der Waals surface area contributed by atoms with E-state index in [4.69, 9.17) is 38.5 Å². The molecule has 0 unspecified atom stereocenters. The quantitative estimate of drug-likeness (QED) is 0.297. The van der Waals surface area contributed by atoms with E-state index in [0.717, 1.165) is 0 Å². The minimum absolute atomic E-state index is 0. The smallest absolute Gasteiger partial charge is 0.822 e. The van der Waals surface area contributed by atoms with Crippen molar-refractivity contribution in [2.24, 2.45) is 0 Å². The van der Waals surface area contributed by atoms with E-state index in [0.29, 0.717) is 0 Å². The zero-order chi connectivity index (χ0) is 9.00. The molecule has 0 radical (unpaired) electrons. The van der Waals surface area contributed by atoms with Crippen molar-refractivity contribution in [3.8, 4) is 0 Å². The van der Waals surface area contributed by atoms with Gasteiger partial charge in [0.25, 0.3) is 0 Å². The van der Waals surface area contributed by atoms with Gasteiger partial charge in [0, 0.05) is 0 Å². The van der Waals surface area contributed by atoms with E-state index in [1.807, 2.05) is 0 Å². The summed E-state index contributed by atoms with van der Waals surface area (Å²) in [5.74, 6) is 0. The van der Waals surface area contributed by atoms with Crippen molar-refractivity contribution in [2.45, 2.75) is 0 Å². The molecule has 0 rings (SSSR count). The number of phosphoric acid groups is 2. The minimum Gasteiger partial charge on any atom is -0.822 e. The van der Waals surface area contributed by atoms with Crippen LogP contribution in [0.15, 0.2) is 0 Å². The van der Waals surface area contributed by atoms with Gasteiger partial charge < -0.3 is 38.5 Å². The van der Waals surface area contributed by atoms with Crippen LogP contribution < -0.4 is 29.4 Å². The average molecular weight is 242 g/mol. The molecule has 0 aromatic heterocycles. The van der Waals surface area contributed by atoms with Crippen LogP contribution in [0.25, 0.3) is 0 Å². The summed E-state index contributed by atoms with van der Waals surface area (Å²) < 4.78 is 17.1. The minimum atomic E-state index is -5.39. The third-order valence-corrected chi connectivity index (χ3v) is 0. The molecule has 0 heterocycles. The fourth-order valence-electron chi connectivity index (χ4n) is 0. The van der Waals surface area contributed by atoms with Gasteiger partial charge in [-0.2, -0.15) is 15.6 Å². The second kappa shape index (κ2) is 8.79. The maximum atomic E-state index is 8.55. The van der Waals surface area contributed by atoms with Crippen LogP contribution in [0.4, 0.5) is 0 Å². The van der Waals surface area contributed by atoms with Crippen molar-refractivity contribution in [1.82, 2.24) is 0 Å². The first-order valence-electron chi connectivity index (χ1n) is 1.46. The fourth-order valence-corrected chi connectivity index (χ4v) is 0. The third kappa shape index (κ3) is 806. The van der Waals surface area contributed by atoms with Crippen LogP contribution in [0.5, 0.6) is 0 Å². The van der Waals surface area contributed by atoms with E-state index >= 15 is 0 Å². The van der Waals surface area contributed by atoms with Gasteiger partial charge in [0.2, 0.25) is 0 Å².